The minimum atomic E-state index is -0.249. The first-order valence-corrected chi connectivity index (χ1v) is 5.64. The third-order valence-electron chi connectivity index (χ3n) is 2.24. The Morgan fingerprint density at radius 1 is 1.27 bits per heavy atom. The Balaban J connectivity index is 2.29. The summed E-state index contributed by atoms with van der Waals surface area (Å²) in [5, 5.41) is 0. The van der Waals surface area contributed by atoms with Gasteiger partial charge in [-0.15, -0.1) is 0 Å². The van der Waals surface area contributed by atoms with E-state index in [9.17, 15) is 4.79 Å². The lowest BCUT2D eigenvalue weighted by molar-refractivity contribution is -0.142. The molecule has 0 aromatic carbocycles. The Morgan fingerprint density at radius 2 is 1.80 bits per heavy atom. The van der Waals surface area contributed by atoms with Gasteiger partial charge in [-0.2, -0.15) is 0 Å². The first-order valence-electron chi connectivity index (χ1n) is 5.24. The molecule has 88 valence electrons. The number of hydrogen-bond donors (Lipinski definition) is 1. The number of carbonyl (C=O) groups excluding carboxylic acids is 1. The number of piperazine rings is 1. The van der Waals surface area contributed by atoms with Crippen molar-refractivity contribution in [3.05, 3.63) is 0 Å². The van der Waals surface area contributed by atoms with E-state index in [4.69, 9.17) is 4.74 Å². The zero-order valence-corrected chi connectivity index (χ0v) is 10.6. The summed E-state index contributed by atoms with van der Waals surface area (Å²) in [6, 6.07) is 0. The zero-order chi connectivity index (χ0) is 11.5. The van der Waals surface area contributed by atoms with Gasteiger partial charge in [0.1, 0.15) is 6.61 Å². The SMILES string of the molecule is CC(C)(C)OCC(=O)N1CCN(S)CC1. The van der Waals surface area contributed by atoms with Crippen molar-refractivity contribution in [3.63, 3.8) is 0 Å². The summed E-state index contributed by atoms with van der Waals surface area (Å²) in [4.78, 5) is 13.5. The van der Waals surface area contributed by atoms with E-state index in [1.165, 1.54) is 0 Å². The molecule has 5 heteroatoms. The van der Waals surface area contributed by atoms with E-state index in [1.54, 1.807) is 0 Å². The van der Waals surface area contributed by atoms with Crippen LogP contribution in [0.5, 0.6) is 0 Å². The van der Waals surface area contributed by atoms with Crippen molar-refractivity contribution < 1.29 is 9.53 Å². The Morgan fingerprint density at radius 3 is 2.27 bits per heavy atom. The highest BCUT2D eigenvalue weighted by atomic mass is 32.1. The van der Waals surface area contributed by atoms with Crippen LogP contribution in [0.15, 0.2) is 0 Å². The average molecular weight is 232 g/mol. The molecule has 0 aromatic heterocycles. The molecule has 4 nitrogen and oxygen atoms in total. The maximum absolute atomic E-state index is 11.7. The minimum absolute atomic E-state index is 0.0753. The van der Waals surface area contributed by atoms with E-state index < -0.39 is 0 Å². The molecule has 1 aliphatic rings. The van der Waals surface area contributed by atoms with Crippen LogP contribution in [0.1, 0.15) is 20.8 Å². The quantitative estimate of drug-likeness (QED) is 0.715. The lowest BCUT2D eigenvalue weighted by Crippen LogP contribution is -2.47. The molecule has 1 heterocycles. The van der Waals surface area contributed by atoms with Gasteiger partial charge < -0.3 is 9.64 Å². The maximum Gasteiger partial charge on any atom is 0.248 e. The predicted octanol–water partition coefficient (Wildman–Crippen LogP) is 0.790. The molecule has 1 amide bonds. The summed E-state index contributed by atoms with van der Waals surface area (Å²) >= 11 is 4.23. The van der Waals surface area contributed by atoms with E-state index in [2.05, 4.69) is 12.8 Å². The van der Waals surface area contributed by atoms with Crippen molar-refractivity contribution in [1.29, 1.82) is 0 Å². The minimum Gasteiger partial charge on any atom is -0.366 e. The number of ether oxygens (including phenoxy) is 1. The van der Waals surface area contributed by atoms with Crippen molar-refractivity contribution >= 4 is 18.7 Å². The Hall–Kier alpha value is -0.260. The van der Waals surface area contributed by atoms with Gasteiger partial charge in [0, 0.05) is 26.2 Å². The van der Waals surface area contributed by atoms with Crippen molar-refractivity contribution in [3.8, 4) is 0 Å². The van der Waals surface area contributed by atoms with Crippen molar-refractivity contribution in [2.24, 2.45) is 0 Å². The fourth-order valence-electron chi connectivity index (χ4n) is 1.31. The second kappa shape index (κ2) is 5.18. The lowest BCUT2D eigenvalue weighted by Gasteiger charge is -2.32. The standard InChI is InChI=1S/C10H20N2O2S/c1-10(2,3)14-8-9(13)11-4-6-12(15)7-5-11/h15H,4-8H2,1-3H3. The molecule has 0 spiro atoms. The van der Waals surface area contributed by atoms with Gasteiger partial charge in [-0.1, -0.05) is 12.8 Å². The maximum atomic E-state index is 11.7. The monoisotopic (exact) mass is 232 g/mol. The van der Waals surface area contributed by atoms with Crippen LogP contribution in [0.3, 0.4) is 0 Å². The van der Waals surface area contributed by atoms with Crippen LogP contribution in [-0.4, -0.2) is 53.5 Å². The Bertz CT molecular complexity index is 220. The van der Waals surface area contributed by atoms with Gasteiger partial charge in [-0.3, -0.25) is 4.79 Å². The highest BCUT2D eigenvalue weighted by Crippen LogP contribution is 2.08. The molecule has 0 saturated carbocycles. The fraction of sp³-hybridized carbons (Fsp3) is 0.900. The first-order chi connectivity index (χ1) is 6.88. The summed E-state index contributed by atoms with van der Waals surface area (Å²) < 4.78 is 7.37. The number of thiol groups is 1. The molecule has 1 rings (SSSR count). The first kappa shape index (κ1) is 12.8. The molecule has 0 N–H and O–H groups in total. The summed E-state index contributed by atoms with van der Waals surface area (Å²) in [5.74, 6) is 0.0753. The summed E-state index contributed by atoms with van der Waals surface area (Å²) in [5.41, 5.74) is -0.249. The van der Waals surface area contributed by atoms with E-state index >= 15 is 0 Å². The molecule has 0 aliphatic carbocycles. The van der Waals surface area contributed by atoms with E-state index in [0.717, 1.165) is 26.2 Å². The highest BCUT2D eigenvalue weighted by Gasteiger charge is 2.21. The molecular weight excluding hydrogens is 212 g/mol. The van der Waals surface area contributed by atoms with Crippen LogP contribution < -0.4 is 0 Å². The van der Waals surface area contributed by atoms with E-state index in [-0.39, 0.29) is 18.1 Å². The Kier molecular flexibility index (Phi) is 4.43. The zero-order valence-electron chi connectivity index (χ0n) is 9.69. The van der Waals surface area contributed by atoms with Crippen molar-refractivity contribution in [1.82, 2.24) is 9.21 Å². The molecule has 0 aromatic rings. The predicted molar refractivity (Wildman–Crippen MR) is 62.8 cm³/mol. The van der Waals surface area contributed by atoms with Crippen molar-refractivity contribution in [2.45, 2.75) is 26.4 Å². The molecule has 1 saturated heterocycles. The van der Waals surface area contributed by atoms with Crippen LogP contribution in [-0.2, 0) is 9.53 Å². The molecule has 1 aliphatic heterocycles. The van der Waals surface area contributed by atoms with Crippen LogP contribution in [0.2, 0.25) is 0 Å². The van der Waals surface area contributed by atoms with Gasteiger partial charge in [0.05, 0.1) is 5.60 Å². The molecular formula is C10H20N2O2S. The van der Waals surface area contributed by atoms with Gasteiger partial charge >= 0.3 is 0 Å². The number of carbonyl (C=O) groups is 1. The van der Waals surface area contributed by atoms with Gasteiger partial charge in [0.2, 0.25) is 5.91 Å². The van der Waals surface area contributed by atoms with Crippen LogP contribution in [0.4, 0.5) is 0 Å². The number of hydrogen-bond acceptors (Lipinski definition) is 4. The summed E-state index contributed by atoms with van der Waals surface area (Å²) in [6.07, 6.45) is 0. The molecule has 1 fully saturated rings. The lowest BCUT2D eigenvalue weighted by atomic mass is 10.2. The summed E-state index contributed by atoms with van der Waals surface area (Å²) in [7, 11) is 0. The Labute approximate surface area is 97.1 Å². The fourth-order valence-corrected chi connectivity index (χ4v) is 1.49. The van der Waals surface area contributed by atoms with Gasteiger partial charge in [0.15, 0.2) is 0 Å². The molecule has 15 heavy (non-hydrogen) atoms. The topological polar surface area (TPSA) is 32.8 Å². The van der Waals surface area contributed by atoms with Crippen LogP contribution in [0, 0.1) is 0 Å². The second-order valence-corrected chi connectivity index (χ2v) is 5.30. The normalized spacial score (nSPS) is 19.3. The second-order valence-electron chi connectivity index (χ2n) is 4.74. The van der Waals surface area contributed by atoms with E-state index in [0.29, 0.717) is 0 Å². The molecule has 0 atom stereocenters. The highest BCUT2D eigenvalue weighted by molar-refractivity contribution is 7.77. The average Bonchev–Trinajstić information content (AvgIpc) is 2.14. The van der Waals surface area contributed by atoms with Gasteiger partial charge in [0.25, 0.3) is 0 Å². The van der Waals surface area contributed by atoms with Crippen LogP contribution >= 0.6 is 12.8 Å². The third kappa shape index (κ3) is 4.86. The summed E-state index contributed by atoms with van der Waals surface area (Å²) in [6.45, 7) is 9.17. The van der Waals surface area contributed by atoms with E-state index in [1.807, 2.05) is 30.0 Å². The number of rotatable bonds is 2. The number of nitrogens with zero attached hydrogens (tertiary/aromatic N) is 2. The smallest absolute Gasteiger partial charge is 0.248 e. The van der Waals surface area contributed by atoms with Crippen LogP contribution in [0.25, 0.3) is 0 Å². The molecule has 0 unspecified atom stereocenters. The largest absolute Gasteiger partial charge is 0.366 e. The molecule has 0 radical (unpaired) electrons. The van der Waals surface area contributed by atoms with Gasteiger partial charge in [-0.25, -0.2) is 4.31 Å². The number of amides is 1. The van der Waals surface area contributed by atoms with Crippen molar-refractivity contribution in [2.75, 3.05) is 32.8 Å². The third-order valence-corrected chi connectivity index (χ3v) is 2.64. The van der Waals surface area contributed by atoms with Gasteiger partial charge in [-0.05, 0) is 20.8 Å². The molecule has 0 bridgehead atoms.